The van der Waals surface area contributed by atoms with Crippen LogP contribution in [0.2, 0.25) is 5.02 Å². The molecule has 2 fully saturated rings. The molecule has 104 valence electrons. The van der Waals surface area contributed by atoms with Gasteiger partial charge in [-0.25, -0.2) is 4.39 Å². The molecule has 19 heavy (non-hydrogen) atoms. The van der Waals surface area contributed by atoms with Crippen LogP contribution in [-0.4, -0.2) is 6.54 Å². The third kappa shape index (κ3) is 2.53. The minimum atomic E-state index is -0.187. The van der Waals surface area contributed by atoms with E-state index < -0.39 is 0 Å². The summed E-state index contributed by atoms with van der Waals surface area (Å²) in [5.41, 5.74) is 0.953. The number of nitrogens with one attached hydrogen (secondary N) is 1. The van der Waals surface area contributed by atoms with E-state index in [4.69, 9.17) is 11.6 Å². The maximum Gasteiger partial charge on any atom is 0.123 e. The monoisotopic (exact) mass is 281 g/mol. The van der Waals surface area contributed by atoms with E-state index in [9.17, 15) is 4.39 Å². The molecule has 0 spiro atoms. The van der Waals surface area contributed by atoms with Gasteiger partial charge >= 0.3 is 0 Å². The molecule has 0 saturated heterocycles. The molecule has 0 amide bonds. The molecule has 0 heterocycles. The largest absolute Gasteiger partial charge is 0.310 e. The lowest BCUT2D eigenvalue weighted by molar-refractivity contribution is 0.416. The maximum absolute atomic E-state index is 13.5. The molecule has 3 unspecified atom stereocenters. The fraction of sp³-hybridized carbons (Fsp3) is 0.625. The molecule has 1 aromatic carbocycles. The van der Waals surface area contributed by atoms with Crippen molar-refractivity contribution in [2.24, 2.45) is 17.8 Å². The number of hydrogen-bond donors (Lipinski definition) is 1. The van der Waals surface area contributed by atoms with Gasteiger partial charge in [0.25, 0.3) is 0 Å². The first-order valence-corrected chi connectivity index (χ1v) is 7.78. The van der Waals surface area contributed by atoms with E-state index >= 15 is 0 Å². The lowest BCUT2D eigenvalue weighted by Gasteiger charge is -2.22. The van der Waals surface area contributed by atoms with Crippen molar-refractivity contribution in [2.45, 2.75) is 38.6 Å². The molecule has 3 heteroatoms. The topological polar surface area (TPSA) is 12.0 Å². The van der Waals surface area contributed by atoms with E-state index in [0.29, 0.717) is 10.9 Å². The van der Waals surface area contributed by atoms with E-state index in [2.05, 4.69) is 12.2 Å². The summed E-state index contributed by atoms with van der Waals surface area (Å²) in [4.78, 5) is 0. The average Bonchev–Trinajstić information content (AvgIpc) is 2.86. The Labute approximate surface area is 119 Å². The Morgan fingerprint density at radius 3 is 2.79 bits per heavy atom. The molecule has 1 aromatic rings. The molecule has 1 nitrogen and oxygen atoms in total. The van der Waals surface area contributed by atoms with Gasteiger partial charge < -0.3 is 5.32 Å². The quantitative estimate of drug-likeness (QED) is 0.834. The van der Waals surface area contributed by atoms with E-state index in [1.165, 1.54) is 25.3 Å². The zero-order chi connectivity index (χ0) is 13.4. The van der Waals surface area contributed by atoms with E-state index in [-0.39, 0.29) is 11.9 Å². The number of hydrogen-bond acceptors (Lipinski definition) is 1. The van der Waals surface area contributed by atoms with Crippen LogP contribution in [0.5, 0.6) is 0 Å². The summed E-state index contributed by atoms with van der Waals surface area (Å²) in [7, 11) is 0. The molecule has 3 atom stereocenters. The molecule has 3 rings (SSSR count). The van der Waals surface area contributed by atoms with E-state index in [1.807, 2.05) is 0 Å². The van der Waals surface area contributed by atoms with Gasteiger partial charge in [-0.3, -0.25) is 0 Å². The van der Waals surface area contributed by atoms with Crippen LogP contribution in [0, 0.1) is 23.6 Å². The number of rotatable bonds is 5. The average molecular weight is 282 g/mol. The highest BCUT2D eigenvalue weighted by molar-refractivity contribution is 6.31. The zero-order valence-corrected chi connectivity index (χ0v) is 12.1. The molecular formula is C16H21ClFN. The third-order valence-electron chi connectivity index (χ3n) is 4.77. The van der Waals surface area contributed by atoms with Crippen LogP contribution in [0.25, 0.3) is 0 Å². The van der Waals surface area contributed by atoms with Gasteiger partial charge in [0.15, 0.2) is 0 Å². The first-order valence-electron chi connectivity index (χ1n) is 7.40. The van der Waals surface area contributed by atoms with Gasteiger partial charge in [0.05, 0.1) is 0 Å². The predicted octanol–water partition coefficient (Wildman–Crippen LogP) is 4.57. The Hall–Kier alpha value is -0.600. The minimum absolute atomic E-state index is 0.187. The fourth-order valence-corrected chi connectivity index (χ4v) is 4.11. The van der Waals surface area contributed by atoms with Crippen molar-refractivity contribution >= 4 is 11.6 Å². The van der Waals surface area contributed by atoms with Crippen LogP contribution in [0.1, 0.15) is 44.2 Å². The Balaban J connectivity index is 1.84. The van der Waals surface area contributed by atoms with Gasteiger partial charge in [-0.2, -0.15) is 0 Å². The third-order valence-corrected chi connectivity index (χ3v) is 5.11. The normalized spacial score (nSPS) is 30.2. The summed E-state index contributed by atoms with van der Waals surface area (Å²) in [5, 5.41) is 4.29. The van der Waals surface area contributed by atoms with Gasteiger partial charge in [-0.1, -0.05) is 24.9 Å². The lowest BCUT2D eigenvalue weighted by atomic mass is 9.96. The summed E-state index contributed by atoms with van der Waals surface area (Å²) in [6.45, 7) is 3.12. The van der Waals surface area contributed by atoms with Crippen LogP contribution in [-0.2, 0) is 0 Å². The van der Waals surface area contributed by atoms with Crippen LogP contribution in [0.3, 0.4) is 0 Å². The molecule has 2 aliphatic rings. The molecule has 1 N–H and O–H groups in total. The highest BCUT2D eigenvalue weighted by Gasteiger charge is 2.56. The van der Waals surface area contributed by atoms with Crippen LogP contribution < -0.4 is 5.32 Å². The summed E-state index contributed by atoms with van der Waals surface area (Å²) >= 11 is 6.29. The minimum Gasteiger partial charge on any atom is -0.310 e. The second kappa shape index (κ2) is 5.41. The standard InChI is InChI=1S/C16H21ClFN/c1-2-8-19-16(15-11-4-3-5-12(11)15)13-9-10(18)6-7-14(13)17/h6-7,9,11-12,15-16,19H,2-5,8H2,1H3. The first-order chi connectivity index (χ1) is 9.22. The maximum atomic E-state index is 13.5. The summed E-state index contributed by atoms with van der Waals surface area (Å²) < 4.78 is 13.5. The second-order valence-electron chi connectivity index (χ2n) is 5.93. The molecule has 0 aromatic heterocycles. The summed E-state index contributed by atoms with van der Waals surface area (Å²) in [5.74, 6) is 2.16. The van der Waals surface area contributed by atoms with E-state index in [1.54, 1.807) is 12.1 Å². The zero-order valence-electron chi connectivity index (χ0n) is 11.3. The molecule has 0 radical (unpaired) electrons. The number of benzene rings is 1. The summed E-state index contributed by atoms with van der Waals surface area (Å²) in [6, 6.07) is 4.98. The van der Waals surface area contributed by atoms with Crippen molar-refractivity contribution in [3.05, 3.63) is 34.6 Å². The van der Waals surface area contributed by atoms with Gasteiger partial charge in [0.1, 0.15) is 5.82 Å². The van der Waals surface area contributed by atoms with Crippen molar-refractivity contribution < 1.29 is 4.39 Å². The number of fused-ring (bicyclic) bond motifs is 1. The Morgan fingerprint density at radius 2 is 2.11 bits per heavy atom. The number of halogens is 2. The second-order valence-corrected chi connectivity index (χ2v) is 6.34. The Bertz CT molecular complexity index is 452. The van der Waals surface area contributed by atoms with Crippen molar-refractivity contribution in [3.8, 4) is 0 Å². The van der Waals surface area contributed by atoms with E-state index in [0.717, 1.165) is 30.4 Å². The van der Waals surface area contributed by atoms with Crippen LogP contribution in [0.15, 0.2) is 18.2 Å². The highest BCUT2D eigenvalue weighted by atomic mass is 35.5. The fourth-order valence-electron chi connectivity index (χ4n) is 3.88. The molecule has 0 aliphatic heterocycles. The lowest BCUT2D eigenvalue weighted by Crippen LogP contribution is -2.26. The molecule has 2 saturated carbocycles. The summed E-state index contributed by atoms with van der Waals surface area (Å²) in [6.07, 6.45) is 5.13. The van der Waals surface area contributed by atoms with Crippen LogP contribution >= 0.6 is 11.6 Å². The first kappa shape index (κ1) is 13.4. The van der Waals surface area contributed by atoms with Crippen molar-refractivity contribution in [1.29, 1.82) is 0 Å². The van der Waals surface area contributed by atoms with Crippen molar-refractivity contribution in [2.75, 3.05) is 6.54 Å². The smallest absolute Gasteiger partial charge is 0.123 e. The molecule has 0 bridgehead atoms. The van der Waals surface area contributed by atoms with Gasteiger partial charge in [-0.15, -0.1) is 0 Å². The molecule has 2 aliphatic carbocycles. The van der Waals surface area contributed by atoms with Crippen LogP contribution in [0.4, 0.5) is 4.39 Å². The highest BCUT2D eigenvalue weighted by Crippen LogP contribution is 2.62. The Kier molecular flexibility index (Phi) is 3.81. The predicted molar refractivity (Wildman–Crippen MR) is 76.8 cm³/mol. The van der Waals surface area contributed by atoms with Gasteiger partial charge in [0.2, 0.25) is 0 Å². The van der Waals surface area contributed by atoms with Gasteiger partial charge in [0, 0.05) is 11.1 Å². The van der Waals surface area contributed by atoms with Crippen molar-refractivity contribution in [1.82, 2.24) is 5.32 Å². The SMILES string of the molecule is CCCNC(c1cc(F)ccc1Cl)C1C2CCCC21. The Morgan fingerprint density at radius 1 is 1.37 bits per heavy atom. The van der Waals surface area contributed by atoms with Gasteiger partial charge in [-0.05, 0) is 67.3 Å². The van der Waals surface area contributed by atoms with Crippen molar-refractivity contribution in [3.63, 3.8) is 0 Å². The molecular weight excluding hydrogens is 261 g/mol.